The Morgan fingerprint density at radius 2 is 1.62 bits per heavy atom. The number of carboxylic acids is 1. The molecule has 0 aliphatic heterocycles. The SMILES string of the molecule is CC(C)[C@@H](CC(=O)NCC#CC(=O)O)NC(=O)OCC1c2ccccc2-c2ccccc21. The van der Waals surface area contributed by atoms with Crippen LogP contribution in [-0.2, 0) is 14.3 Å². The fourth-order valence-electron chi connectivity index (χ4n) is 3.78. The quantitative estimate of drug-likeness (QED) is 0.581. The van der Waals surface area contributed by atoms with Crippen molar-refractivity contribution in [2.24, 2.45) is 5.92 Å². The number of alkyl carbamates (subject to hydrolysis) is 1. The molecule has 2 amide bonds. The van der Waals surface area contributed by atoms with Gasteiger partial charge in [0, 0.05) is 24.3 Å². The lowest BCUT2D eigenvalue weighted by molar-refractivity contribution is -0.130. The van der Waals surface area contributed by atoms with Gasteiger partial charge in [-0.3, -0.25) is 4.79 Å². The molecule has 7 heteroatoms. The van der Waals surface area contributed by atoms with Crippen molar-refractivity contribution in [3.05, 3.63) is 59.7 Å². The average molecular weight is 434 g/mol. The molecule has 1 aliphatic carbocycles. The van der Waals surface area contributed by atoms with Gasteiger partial charge in [0.1, 0.15) is 6.61 Å². The summed E-state index contributed by atoms with van der Waals surface area (Å²) in [6.45, 7) is 3.92. The predicted octanol–water partition coefficient (Wildman–Crippen LogP) is 3.14. The number of amides is 2. The van der Waals surface area contributed by atoms with E-state index in [0.29, 0.717) is 0 Å². The molecule has 0 saturated carbocycles. The monoisotopic (exact) mass is 434 g/mol. The fraction of sp³-hybridized carbons (Fsp3) is 0.320. The Morgan fingerprint density at radius 1 is 1.03 bits per heavy atom. The van der Waals surface area contributed by atoms with Crippen LogP contribution >= 0.6 is 0 Å². The molecule has 32 heavy (non-hydrogen) atoms. The third-order valence-electron chi connectivity index (χ3n) is 5.43. The van der Waals surface area contributed by atoms with Gasteiger partial charge in [0.25, 0.3) is 0 Å². The lowest BCUT2D eigenvalue weighted by Crippen LogP contribution is -2.42. The first-order chi connectivity index (χ1) is 15.4. The van der Waals surface area contributed by atoms with Crippen LogP contribution in [0.15, 0.2) is 48.5 Å². The summed E-state index contributed by atoms with van der Waals surface area (Å²) in [6.07, 6.45) is -0.541. The number of hydrogen-bond donors (Lipinski definition) is 3. The Kier molecular flexibility index (Phi) is 7.50. The van der Waals surface area contributed by atoms with Gasteiger partial charge in [-0.1, -0.05) is 68.3 Å². The smallest absolute Gasteiger partial charge is 0.407 e. The number of hydrogen-bond acceptors (Lipinski definition) is 4. The highest BCUT2D eigenvalue weighted by atomic mass is 16.5. The minimum atomic E-state index is -1.25. The summed E-state index contributed by atoms with van der Waals surface area (Å²) in [4.78, 5) is 35.0. The minimum absolute atomic E-state index is 0.00802. The van der Waals surface area contributed by atoms with Crippen LogP contribution in [0.4, 0.5) is 4.79 Å². The number of fused-ring (bicyclic) bond motifs is 3. The molecule has 0 saturated heterocycles. The molecule has 7 nitrogen and oxygen atoms in total. The van der Waals surface area contributed by atoms with Crippen LogP contribution in [0.5, 0.6) is 0 Å². The van der Waals surface area contributed by atoms with Crippen molar-refractivity contribution in [3.8, 4) is 23.0 Å². The second kappa shape index (κ2) is 10.5. The lowest BCUT2D eigenvalue weighted by atomic mass is 9.98. The van der Waals surface area contributed by atoms with Gasteiger partial charge in [0.05, 0.1) is 6.54 Å². The molecule has 166 valence electrons. The molecule has 3 N–H and O–H groups in total. The average Bonchev–Trinajstić information content (AvgIpc) is 3.08. The van der Waals surface area contributed by atoms with E-state index in [0.717, 1.165) is 22.3 Å². The van der Waals surface area contributed by atoms with Crippen molar-refractivity contribution < 1.29 is 24.2 Å². The largest absolute Gasteiger partial charge is 0.472 e. The van der Waals surface area contributed by atoms with Crippen LogP contribution < -0.4 is 10.6 Å². The molecule has 2 aromatic rings. The van der Waals surface area contributed by atoms with E-state index in [1.807, 2.05) is 44.0 Å². The molecule has 1 atom stereocenters. The van der Waals surface area contributed by atoms with Gasteiger partial charge >= 0.3 is 12.1 Å². The highest BCUT2D eigenvalue weighted by Gasteiger charge is 2.29. The van der Waals surface area contributed by atoms with Gasteiger partial charge in [0.2, 0.25) is 5.91 Å². The summed E-state index contributed by atoms with van der Waals surface area (Å²) in [5, 5.41) is 13.8. The van der Waals surface area contributed by atoms with E-state index in [9.17, 15) is 14.4 Å². The van der Waals surface area contributed by atoms with Gasteiger partial charge in [-0.05, 0) is 28.2 Å². The van der Waals surface area contributed by atoms with Crippen molar-refractivity contribution in [3.63, 3.8) is 0 Å². The van der Waals surface area contributed by atoms with Crippen molar-refractivity contribution in [2.45, 2.75) is 32.2 Å². The molecule has 0 aromatic heterocycles. The topological polar surface area (TPSA) is 105 Å². The lowest BCUT2D eigenvalue weighted by Gasteiger charge is -2.22. The maximum Gasteiger partial charge on any atom is 0.407 e. The Hall–Kier alpha value is -3.79. The second-order valence-corrected chi connectivity index (χ2v) is 7.91. The van der Waals surface area contributed by atoms with Crippen LogP contribution in [0.3, 0.4) is 0 Å². The Morgan fingerprint density at radius 3 is 2.19 bits per heavy atom. The number of aliphatic carboxylic acids is 1. The first kappa shape index (κ1) is 22.9. The van der Waals surface area contributed by atoms with Gasteiger partial charge in [-0.25, -0.2) is 9.59 Å². The molecule has 2 aromatic carbocycles. The van der Waals surface area contributed by atoms with E-state index in [1.165, 1.54) is 0 Å². The van der Waals surface area contributed by atoms with Gasteiger partial charge in [-0.15, -0.1) is 0 Å². The molecular weight excluding hydrogens is 408 g/mol. The second-order valence-electron chi connectivity index (χ2n) is 7.91. The standard InChI is InChI=1S/C25H26N2O5/c1-16(2)22(14-23(28)26-13-7-12-24(29)30)27-25(31)32-15-21-19-10-5-3-8-17(19)18-9-4-6-11-20(18)21/h3-6,8-11,16,21-22H,13-15H2,1-2H3,(H,26,28)(H,27,31)(H,29,30)/t22-/m1/s1. The molecule has 0 unspecified atom stereocenters. The summed E-state index contributed by atoms with van der Waals surface area (Å²) in [7, 11) is 0. The van der Waals surface area contributed by atoms with Crippen molar-refractivity contribution >= 4 is 18.0 Å². The zero-order valence-corrected chi connectivity index (χ0v) is 18.1. The molecular formula is C25H26N2O5. The highest BCUT2D eigenvalue weighted by molar-refractivity contribution is 5.86. The van der Waals surface area contributed by atoms with Crippen LogP contribution in [-0.4, -0.2) is 42.3 Å². The molecule has 3 rings (SSSR count). The van der Waals surface area contributed by atoms with Crippen molar-refractivity contribution in [1.82, 2.24) is 10.6 Å². The third-order valence-corrected chi connectivity index (χ3v) is 5.43. The summed E-state index contributed by atoms with van der Waals surface area (Å²) >= 11 is 0. The van der Waals surface area contributed by atoms with E-state index in [-0.39, 0.29) is 37.3 Å². The molecule has 0 bridgehead atoms. The Labute approximate surface area is 187 Å². The summed E-state index contributed by atoms with van der Waals surface area (Å²) in [5.74, 6) is 2.63. The number of ether oxygens (including phenoxy) is 1. The van der Waals surface area contributed by atoms with Crippen LogP contribution in [0.25, 0.3) is 11.1 Å². The minimum Gasteiger partial charge on any atom is -0.472 e. The van der Waals surface area contributed by atoms with Crippen LogP contribution in [0.2, 0.25) is 0 Å². The van der Waals surface area contributed by atoms with E-state index in [4.69, 9.17) is 9.84 Å². The van der Waals surface area contributed by atoms with E-state index < -0.39 is 18.1 Å². The van der Waals surface area contributed by atoms with Crippen molar-refractivity contribution in [2.75, 3.05) is 13.2 Å². The number of carboxylic acid groups (broad SMARTS) is 1. The summed E-state index contributed by atoms with van der Waals surface area (Å²) in [5.41, 5.74) is 4.56. The summed E-state index contributed by atoms with van der Waals surface area (Å²) in [6, 6.07) is 15.8. The number of rotatable bonds is 7. The molecule has 1 aliphatic rings. The fourth-order valence-corrected chi connectivity index (χ4v) is 3.78. The molecule has 0 radical (unpaired) electrons. The van der Waals surface area contributed by atoms with Crippen LogP contribution in [0.1, 0.15) is 37.3 Å². The zero-order chi connectivity index (χ0) is 23.1. The third kappa shape index (κ3) is 5.67. The highest BCUT2D eigenvalue weighted by Crippen LogP contribution is 2.44. The van der Waals surface area contributed by atoms with Gasteiger partial charge in [0.15, 0.2) is 0 Å². The van der Waals surface area contributed by atoms with Crippen molar-refractivity contribution in [1.29, 1.82) is 0 Å². The van der Waals surface area contributed by atoms with Gasteiger partial charge in [-0.2, -0.15) is 0 Å². The number of benzene rings is 2. The van der Waals surface area contributed by atoms with E-state index in [1.54, 1.807) is 0 Å². The first-order valence-corrected chi connectivity index (χ1v) is 10.5. The number of nitrogens with one attached hydrogen (secondary N) is 2. The maximum absolute atomic E-state index is 12.5. The van der Waals surface area contributed by atoms with E-state index in [2.05, 4.69) is 40.8 Å². The predicted molar refractivity (Wildman–Crippen MR) is 120 cm³/mol. The normalized spacial score (nSPS) is 12.7. The zero-order valence-electron chi connectivity index (χ0n) is 18.1. The number of carbonyl (C=O) groups is 3. The number of carbonyl (C=O) groups excluding carboxylic acids is 2. The molecule has 0 fully saturated rings. The van der Waals surface area contributed by atoms with E-state index >= 15 is 0 Å². The van der Waals surface area contributed by atoms with Crippen LogP contribution in [0, 0.1) is 17.8 Å². The molecule has 0 spiro atoms. The Bertz CT molecular complexity index is 1020. The Balaban J connectivity index is 1.57. The molecule has 0 heterocycles. The van der Waals surface area contributed by atoms with Gasteiger partial charge < -0.3 is 20.5 Å². The first-order valence-electron chi connectivity index (χ1n) is 10.5. The maximum atomic E-state index is 12.5. The summed E-state index contributed by atoms with van der Waals surface area (Å²) < 4.78 is 5.56.